The van der Waals surface area contributed by atoms with Crippen LogP contribution in [0.4, 0.5) is 11.4 Å². The molecule has 0 aromatic heterocycles. The van der Waals surface area contributed by atoms with Crippen molar-refractivity contribution >= 4 is 17.3 Å². The highest BCUT2D eigenvalue weighted by Crippen LogP contribution is 2.23. The van der Waals surface area contributed by atoms with Crippen molar-refractivity contribution in [3.05, 3.63) is 53.6 Å². The topological polar surface area (TPSA) is 52.6 Å². The monoisotopic (exact) mass is 270 g/mol. The van der Waals surface area contributed by atoms with Gasteiger partial charge < -0.3 is 15.3 Å². The van der Waals surface area contributed by atoms with Crippen molar-refractivity contribution in [2.75, 3.05) is 24.3 Å². The van der Waals surface area contributed by atoms with Gasteiger partial charge in [-0.15, -0.1) is 0 Å². The van der Waals surface area contributed by atoms with Crippen molar-refractivity contribution in [1.82, 2.24) is 0 Å². The second kappa shape index (κ2) is 5.65. The zero-order valence-electron chi connectivity index (χ0n) is 11.8. The molecule has 0 saturated carbocycles. The maximum Gasteiger partial charge on any atom is 0.259 e. The number of benzene rings is 2. The van der Waals surface area contributed by atoms with Gasteiger partial charge in [0.25, 0.3) is 5.91 Å². The van der Waals surface area contributed by atoms with E-state index in [-0.39, 0.29) is 17.2 Å². The number of phenols is 1. The van der Waals surface area contributed by atoms with Crippen molar-refractivity contribution in [1.29, 1.82) is 0 Å². The lowest BCUT2D eigenvalue weighted by Crippen LogP contribution is -2.13. The molecule has 0 radical (unpaired) electrons. The second-order valence-corrected chi connectivity index (χ2v) is 4.87. The largest absolute Gasteiger partial charge is 0.507 e. The van der Waals surface area contributed by atoms with Crippen LogP contribution in [0, 0.1) is 6.92 Å². The summed E-state index contributed by atoms with van der Waals surface area (Å²) in [4.78, 5) is 14.1. The van der Waals surface area contributed by atoms with Gasteiger partial charge in [0.2, 0.25) is 0 Å². The molecule has 0 bridgehead atoms. The predicted molar refractivity (Wildman–Crippen MR) is 81.6 cm³/mol. The highest BCUT2D eigenvalue weighted by molar-refractivity contribution is 6.06. The van der Waals surface area contributed by atoms with Gasteiger partial charge in [0.15, 0.2) is 0 Å². The fourth-order valence-electron chi connectivity index (χ4n) is 1.90. The van der Waals surface area contributed by atoms with Crippen LogP contribution in [0.15, 0.2) is 42.5 Å². The smallest absolute Gasteiger partial charge is 0.259 e. The van der Waals surface area contributed by atoms with E-state index in [4.69, 9.17) is 0 Å². The Morgan fingerprint density at radius 3 is 2.55 bits per heavy atom. The minimum Gasteiger partial charge on any atom is -0.507 e. The van der Waals surface area contributed by atoms with E-state index in [1.54, 1.807) is 25.1 Å². The van der Waals surface area contributed by atoms with Crippen molar-refractivity contribution in [2.24, 2.45) is 0 Å². The van der Waals surface area contributed by atoms with E-state index in [0.29, 0.717) is 11.3 Å². The third-order valence-electron chi connectivity index (χ3n) is 3.10. The number of carbonyl (C=O) groups is 1. The van der Waals surface area contributed by atoms with Crippen LogP contribution in [0.1, 0.15) is 15.9 Å². The van der Waals surface area contributed by atoms with Gasteiger partial charge in [-0.2, -0.15) is 0 Å². The number of hydrogen-bond acceptors (Lipinski definition) is 3. The lowest BCUT2D eigenvalue weighted by atomic mass is 10.1. The van der Waals surface area contributed by atoms with Crippen LogP contribution < -0.4 is 10.2 Å². The molecular weight excluding hydrogens is 252 g/mol. The Labute approximate surface area is 118 Å². The minimum atomic E-state index is -0.317. The van der Waals surface area contributed by atoms with Gasteiger partial charge in [0.1, 0.15) is 5.75 Å². The number of amides is 1. The summed E-state index contributed by atoms with van der Waals surface area (Å²) in [5, 5.41) is 12.7. The van der Waals surface area contributed by atoms with Crippen LogP contribution in [0.25, 0.3) is 0 Å². The number of nitrogens with one attached hydrogen (secondary N) is 1. The van der Waals surface area contributed by atoms with E-state index in [9.17, 15) is 9.90 Å². The standard InChI is InChI=1S/C16H18N2O2/c1-11-6-4-9-14(15(11)19)16(20)17-12-7-5-8-13(10-12)18(2)3/h4-10,19H,1-3H3,(H,17,20). The first kappa shape index (κ1) is 13.9. The molecule has 4 nitrogen and oxygen atoms in total. The Hall–Kier alpha value is -2.49. The van der Waals surface area contributed by atoms with Crippen molar-refractivity contribution in [3.8, 4) is 5.75 Å². The summed E-state index contributed by atoms with van der Waals surface area (Å²) < 4.78 is 0. The molecule has 0 heterocycles. The zero-order chi connectivity index (χ0) is 14.7. The number of nitrogens with zero attached hydrogens (tertiary/aromatic N) is 1. The molecule has 0 saturated heterocycles. The average molecular weight is 270 g/mol. The molecule has 2 aromatic rings. The summed E-state index contributed by atoms with van der Waals surface area (Å²) in [5.74, 6) is -0.295. The molecule has 0 aliphatic rings. The van der Waals surface area contributed by atoms with Crippen molar-refractivity contribution < 1.29 is 9.90 Å². The molecule has 2 N–H and O–H groups in total. The molecule has 2 rings (SSSR count). The van der Waals surface area contributed by atoms with Crippen LogP contribution in [0.2, 0.25) is 0 Å². The second-order valence-electron chi connectivity index (χ2n) is 4.87. The molecule has 1 amide bonds. The first-order valence-corrected chi connectivity index (χ1v) is 6.36. The van der Waals surface area contributed by atoms with Crippen LogP contribution in [0.5, 0.6) is 5.75 Å². The predicted octanol–water partition coefficient (Wildman–Crippen LogP) is 3.02. The van der Waals surface area contributed by atoms with E-state index >= 15 is 0 Å². The molecule has 0 unspecified atom stereocenters. The Kier molecular flexibility index (Phi) is 3.94. The van der Waals surface area contributed by atoms with E-state index < -0.39 is 0 Å². The fraction of sp³-hybridized carbons (Fsp3) is 0.188. The third-order valence-corrected chi connectivity index (χ3v) is 3.10. The number of carbonyl (C=O) groups excluding carboxylic acids is 1. The summed E-state index contributed by atoms with van der Waals surface area (Å²) in [6.07, 6.45) is 0. The maximum absolute atomic E-state index is 12.2. The first-order chi connectivity index (χ1) is 9.49. The zero-order valence-corrected chi connectivity index (χ0v) is 11.8. The minimum absolute atomic E-state index is 0.0220. The SMILES string of the molecule is Cc1cccc(C(=O)Nc2cccc(N(C)C)c2)c1O. The molecular formula is C16H18N2O2. The van der Waals surface area contributed by atoms with Gasteiger partial charge in [-0.05, 0) is 36.8 Å². The van der Waals surface area contributed by atoms with Crippen LogP contribution in [0.3, 0.4) is 0 Å². The molecule has 0 fully saturated rings. The van der Waals surface area contributed by atoms with E-state index in [1.165, 1.54) is 0 Å². The molecule has 0 aliphatic carbocycles. The Morgan fingerprint density at radius 2 is 1.85 bits per heavy atom. The van der Waals surface area contributed by atoms with Gasteiger partial charge in [-0.1, -0.05) is 18.2 Å². The quantitative estimate of drug-likeness (QED) is 0.901. The van der Waals surface area contributed by atoms with Crippen LogP contribution in [-0.2, 0) is 0 Å². The normalized spacial score (nSPS) is 10.2. The summed E-state index contributed by atoms with van der Waals surface area (Å²) in [6.45, 7) is 1.76. The fourth-order valence-corrected chi connectivity index (χ4v) is 1.90. The van der Waals surface area contributed by atoms with Gasteiger partial charge in [0, 0.05) is 25.5 Å². The molecule has 0 spiro atoms. The number of rotatable bonds is 3. The number of phenolic OH excluding ortho intramolecular Hbond substituents is 1. The highest BCUT2D eigenvalue weighted by Gasteiger charge is 2.12. The van der Waals surface area contributed by atoms with E-state index in [1.807, 2.05) is 43.3 Å². The van der Waals surface area contributed by atoms with Gasteiger partial charge in [-0.25, -0.2) is 0 Å². The Morgan fingerprint density at radius 1 is 1.15 bits per heavy atom. The Balaban J connectivity index is 2.24. The molecule has 0 atom stereocenters. The highest BCUT2D eigenvalue weighted by atomic mass is 16.3. The summed E-state index contributed by atoms with van der Waals surface area (Å²) in [7, 11) is 3.88. The van der Waals surface area contributed by atoms with Crippen molar-refractivity contribution in [2.45, 2.75) is 6.92 Å². The van der Waals surface area contributed by atoms with E-state index in [2.05, 4.69) is 5.32 Å². The first-order valence-electron chi connectivity index (χ1n) is 6.36. The van der Waals surface area contributed by atoms with Crippen LogP contribution in [-0.4, -0.2) is 25.1 Å². The summed E-state index contributed by atoms with van der Waals surface area (Å²) in [6, 6.07) is 12.6. The van der Waals surface area contributed by atoms with Gasteiger partial charge in [-0.3, -0.25) is 4.79 Å². The van der Waals surface area contributed by atoms with Crippen molar-refractivity contribution in [3.63, 3.8) is 0 Å². The average Bonchev–Trinajstić information content (AvgIpc) is 2.42. The number of aryl methyl sites for hydroxylation is 1. The molecule has 0 aliphatic heterocycles. The maximum atomic E-state index is 12.2. The molecule has 2 aromatic carbocycles. The Bertz CT molecular complexity index is 636. The number of aromatic hydroxyl groups is 1. The lowest BCUT2D eigenvalue weighted by Gasteiger charge is -2.14. The van der Waals surface area contributed by atoms with Crippen LogP contribution >= 0.6 is 0 Å². The van der Waals surface area contributed by atoms with Gasteiger partial charge >= 0.3 is 0 Å². The number of anilines is 2. The summed E-state index contributed by atoms with van der Waals surface area (Å²) in [5.41, 5.74) is 2.65. The van der Waals surface area contributed by atoms with E-state index in [0.717, 1.165) is 5.69 Å². The van der Waals surface area contributed by atoms with Gasteiger partial charge in [0.05, 0.1) is 5.56 Å². The third kappa shape index (κ3) is 2.91. The lowest BCUT2D eigenvalue weighted by molar-refractivity contribution is 0.102. The summed E-state index contributed by atoms with van der Waals surface area (Å²) >= 11 is 0. The number of para-hydroxylation sites is 1. The molecule has 104 valence electrons. The number of hydrogen-bond donors (Lipinski definition) is 2. The molecule has 20 heavy (non-hydrogen) atoms. The molecule has 4 heteroatoms.